The molecule has 0 spiro atoms. The molecule has 0 saturated carbocycles. The second-order valence-corrected chi connectivity index (χ2v) is 0. The van der Waals surface area contributed by atoms with Crippen LogP contribution in [0.3, 0.4) is 0 Å². The Morgan fingerprint density at radius 2 is 1.20 bits per heavy atom. The van der Waals surface area contributed by atoms with Gasteiger partial charge in [0.25, 0.3) is 0 Å². The zero-order valence-corrected chi connectivity index (χ0v) is 5.06. The van der Waals surface area contributed by atoms with E-state index in [1.807, 2.05) is 0 Å². The van der Waals surface area contributed by atoms with Crippen molar-refractivity contribution in [2.75, 3.05) is 0 Å². The monoisotopic (exact) mass is 291 g/mol. The Bertz CT molecular complexity index is 11.6. The quantitative estimate of drug-likeness (QED) is 0.397. The summed E-state index contributed by atoms with van der Waals surface area (Å²) < 4.78 is 0. The molecule has 0 saturated heterocycles. The molecule has 5 heavy (non-hydrogen) atoms. The fourth-order valence-corrected chi connectivity index (χ4v) is 0. The van der Waals surface area contributed by atoms with Crippen molar-refractivity contribution < 1.29 is 19.7 Å². The second-order valence-electron chi connectivity index (χ2n) is 0. The summed E-state index contributed by atoms with van der Waals surface area (Å²) in [7, 11) is 1.31. The van der Waals surface area contributed by atoms with Crippen molar-refractivity contribution in [1.82, 2.24) is 0 Å². The third kappa shape index (κ3) is 17.8. The van der Waals surface area contributed by atoms with E-state index in [0.717, 1.165) is 0 Å². The first-order valence-corrected chi connectivity index (χ1v) is 6.18. The molecule has 0 bridgehead atoms. The van der Waals surface area contributed by atoms with Crippen LogP contribution in [0.25, 0.3) is 0 Å². The van der Waals surface area contributed by atoms with Crippen LogP contribution in [-0.2, 0) is 19.7 Å². The van der Waals surface area contributed by atoms with Gasteiger partial charge in [0.05, 0.1) is 0 Å². The fraction of sp³-hybridized carbons (Fsp3) is 0. The van der Waals surface area contributed by atoms with Gasteiger partial charge in [0.1, 0.15) is 0 Å². The summed E-state index contributed by atoms with van der Waals surface area (Å²) >= 11 is 2.14. The summed E-state index contributed by atoms with van der Waals surface area (Å²) in [6.07, 6.45) is 0. The van der Waals surface area contributed by atoms with Gasteiger partial charge in [0.2, 0.25) is 0 Å². The average Bonchev–Trinajstić information content (AvgIpc) is 1.00. The van der Waals surface area contributed by atoms with Gasteiger partial charge >= 0.3 is 114 Å². The molecule has 0 N–H and O–H groups in total. The number of hydrogen-bond acceptors (Lipinski definition) is 0. The normalized spacial score (nSPS) is 1.40. The molecule has 0 aliphatic heterocycles. The molecule has 0 aliphatic rings. The Morgan fingerprint density at radius 1 is 1.20 bits per heavy atom. The molecular formula is H10AlBaCaSiTi. The summed E-state index contributed by atoms with van der Waals surface area (Å²) in [6, 6.07) is 0. The SMILES string of the molecule is [AlH3].[BaH2].[CaH2].[SiH3][Ti]. The van der Waals surface area contributed by atoms with Gasteiger partial charge in [-0.15, -0.1) is 0 Å². The predicted molar refractivity (Wildman–Crippen MR) is 37.0 cm³/mol. The maximum absolute atomic E-state index is 2.14. The van der Waals surface area contributed by atoms with Crippen molar-refractivity contribution >= 4 is 112 Å². The van der Waals surface area contributed by atoms with Gasteiger partial charge < -0.3 is 0 Å². The fourth-order valence-electron chi connectivity index (χ4n) is 0. The van der Waals surface area contributed by atoms with Gasteiger partial charge in [-0.3, -0.25) is 0 Å². The molecule has 0 fully saturated rings. The van der Waals surface area contributed by atoms with Crippen LogP contribution < -0.4 is 0 Å². The van der Waals surface area contributed by atoms with Crippen LogP contribution in [0.2, 0.25) is 0 Å². The van der Waals surface area contributed by atoms with Crippen molar-refractivity contribution in [2.24, 2.45) is 0 Å². The molecule has 0 aromatic rings. The molecule has 0 aromatic heterocycles. The standard InChI is InChI=1S/Al.Ba.Ca.H3Si.Ti.7H/h;;;1H3;;;;;;;;. The topological polar surface area (TPSA) is 0 Å². The molecular weight excluding hydrogens is 280 g/mol. The van der Waals surface area contributed by atoms with E-state index in [9.17, 15) is 0 Å². The molecule has 0 amide bonds. The molecule has 0 aliphatic carbocycles. The second kappa shape index (κ2) is 23.9. The van der Waals surface area contributed by atoms with Crippen LogP contribution in [0.1, 0.15) is 0 Å². The van der Waals surface area contributed by atoms with E-state index in [4.69, 9.17) is 0 Å². The first-order chi connectivity index (χ1) is 1.00. The molecule has 0 aromatic carbocycles. The van der Waals surface area contributed by atoms with E-state index >= 15 is 0 Å². The third-order valence-electron chi connectivity index (χ3n) is 0. The molecule has 0 rings (SSSR count). The zero-order chi connectivity index (χ0) is 2.00. The van der Waals surface area contributed by atoms with E-state index in [1.54, 1.807) is 0 Å². The molecule has 0 nitrogen and oxygen atoms in total. The Balaban J connectivity index is -0.00000000167. The average molecular weight is 290 g/mol. The van der Waals surface area contributed by atoms with E-state index in [2.05, 4.69) is 19.7 Å². The van der Waals surface area contributed by atoms with Gasteiger partial charge in [-0.1, -0.05) is 0 Å². The number of hydrogen-bond donors (Lipinski definition) is 0. The van der Waals surface area contributed by atoms with Crippen molar-refractivity contribution in [3.05, 3.63) is 0 Å². The van der Waals surface area contributed by atoms with Crippen LogP contribution in [-0.4, -0.2) is 112 Å². The Kier molecular flexibility index (Phi) is 109. The Morgan fingerprint density at radius 3 is 1.20 bits per heavy atom. The summed E-state index contributed by atoms with van der Waals surface area (Å²) in [5, 5.41) is 0. The molecule has 0 radical (unpaired) electrons. The van der Waals surface area contributed by atoms with Gasteiger partial charge in [-0.25, -0.2) is 0 Å². The third-order valence-corrected chi connectivity index (χ3v) is 0. The minimum absolute atomic E-state index is 0. The summed E-state index contributed by atoms with van der Waals surface area (Å²) in [4.78, 5) is 0. The van der Waals surface area contributed by atoms with E-state index in [-0.39, 0.29) is 104 Å². The van der Waals surface area contributed by atoms with Crippen molar-refractivity contribution in [3.8, 4) is 0 Å². The van der Waals surface area contributed by atoms with Crippen molar-refractivity contribution in [2.45, 2.75) is 0 Å². The molecule has 25 valence electrons. The molecule has 0 atom stereocenters. The van der Waals surface area contributed by atoms with Crippen molar-refractivity contribution in [3.63, 3.8) is 0 Å². The minimum atomic E-state index is 0. The Labute approximate surface area is 128 Å². The van der Waals surface area contributed by atoms with Gasteiger partial charge in [0, 0.05) is 0 Å². The molecule has 0 unspecified atom stereocenters. The first-order valence-electron chi connectivity index (χ1n) is 0.500. The maximum atomic E-state index is 2.14. The van der Waals surface area contributed by atoms with E-state index in [0.29, 0.717) is 0 Å². The molecule has 5 heteroatoms. The van der Waals surface area contributed by atoms with E-state index < -0.39 is 0 Å². The van der Waals surface area contributed by atoms with Crippen LogP contribution in [0, 0.1) is 0 Å². The van der Waals surface area contributed by atoms with Crippen molar-refractivity contribution in [1.29, 1.82) is 0 Å². The molecule has 0 heterocycles. The zero-order valence-electron chi connectivity index (χ0n) is 1.50. The number of rotatable bonds is 0. The summed E-state index contributed by atoms with van der Waals surface area (Å²) in [6.45, 7) is 0. The van der Waals surface area contributed by atoms with Crippen LogP contribution in [0.15, 0.2) is 0 Å². The van der Waals surface area contributed by atoms with Gasteiger partial charge in [0.15, 0.2) is 17.4 Å². The van der Waals surface area contributed by atoms with Crippen LogP contribution in [0.4, 0.5) is 0 Å². The van der Waals surface area contributed by atoms with E-state index in [1.165, 1.54) is 8.11 Å². The first kappa shape index (κ1) is 22.8. The van der Waals surface area contributed by atoms with Gasteiger partial charge in [-0.2, -0.15) is 0 Å². The van der Waals surface area contributed by atoms with Crippen LogP contribution >= 0.6 is 0 Å². The van der Waals surface area contributed by atoms with Crippen LogP contribution in [0.5, 0.6) is 0 Å². The Hall–Kier alpha value is 4.29. The summed E-state index contributed by atoms with van der Waals surface area (Å²) in [5.41, 5.74) is 0. The summed E-state index contributed by atoms with van der Waals surface area (Å²) in [5.74, 6) is 0. The van der Waals surface area contributed by atoms with Gasteiger partial charge in [-0.05, 0) is 0 Å². The predicted octanol–water partition coefficient (Wildman–Crippen LogP) is -4.20.